The van der Waals surface area contributed by atoms with Crippen LogP contribution in [0.1, 0.15) is 29.8 Å². The van der Waals surface area contributed by atoms with Crippen molar-refractivity contribution in [2.75, 3.05) is 13.7 Å². The molecule has 2 rings (SSSR count). The van der Waals surface area contributed by atoms with E-state index < -0.39 is 11.9 Å². The zero-order valence-corrected chi connectivity index (χ0v) is 18.3. The molecule has 0 aromatic heterocycles. The average Bonchev–Trinajstić information content (AvgIpc) is 2.76. The minimum absolute atomic E-state index is 0.0553. The van der Waals surface area contributed by atoms with Crippen molar-refractivity contribution in [2.45, 2.75) is 19.9 Å². The molecule has 31 heavy (non-hydrogen) atoms. The van der Waals surface area contributed by atoms with Gasteiger partial charge in [-0.2, -0.15) is 5.10 Å². The molecule has 0 aliphatic carbocycles. The van der Waals surface area contributed by atoms with Crippen molar-refractivity contribution in [3.63, 3.8) is 0 Å². The molecule has 2 aromatic carbocycles. The molecule has 0 saturated carbocycles. The lowest BCUT2D eigenvalue weighted by Gasteiger charge is -2.20. The fourth-order valence-corrected chi connectivity index (χ4v) is 2.79. The summed E-state index contributed by atoms with van der Waals surface area (Å²) in [7, 11) is 1.51. The lowest BCUT2D eigenvalue weighted by molar-refractivity contribution is -0.123. The second-order valence-corrected chi connectivity index (χ2v) is 7.24. The fourth-order valence-electron chi connectivity index (χ4n) is 2.66. The van der Waals surface area contributed by atoms with Crippen molar-refractivity contribution in [1.29, 1.82) is 0 Å². The molecule has 0 saturated heterocycles. The fraction of sp³-hybridized carbons (Fsp3) is 0.261. The van der Waals surface area contributed by atoms with E-state index in [0.717, 1.165) is 0 Å². The summed E-state index contributed by atoms with van der Waals surface area (Å²) >= 11 is 5.85. The summed E-state index contributed by atoms with van der Waals surface area (Å²) in [6.07, 6.45) is 6.68. The summed E-state index contributed by atoms with van der Waals surface area (Å²) in [5.74, 6) is 2.29. The molecule has 0 aliphatic heterocycles. The quantitative estimate of drug-likeness (QED) is 0.355. The van der Waals surface area contributed by atoms with Crippen LogP contribution >= 0.6 is 11.6 Å². The first kappa shape index (κ1) is 23.8. The SMILES string of the molecule is C#CCOc1c(/C=N/NC(=O)C(NC(=O)c2ccc(Cl)cc2)C(C)C)cccc1OC. The molecule has 8 heteroatoms. The van der Waals surface area contributed by atoms with E-state index in [4.69, 9.17) is 27.5 Å². The van der Waals surface area contributed by atoms with Crippen LogP contribution in [-0.2, 0) is 4.79 Å². The molecule has 0 heterocycles. The van der Waals surface area contributed by atoms with Gasteiger partial charge in [0.25, 0.3) is 11.8 Å². The van der Waals surface area contributed by atoms with E-state index in [1.165, 1.54) is 13.3 Å². The Balaban J connectivity index is 2.10. The van der Waals surface area contributed by atoms with Gasteiger partial charge in [-0.25, -0.2) is 5.43 Å². The maximum absolute atomic E-state index is 12.6. The second kappa shape index (κ2) is 11.6. The number of halogens is 1. The molecule has 0 bridgehead atoms. The van der Waals surface area contributed by atoms with Crippen LogP contribution in [0.2, 0.25) is 5.02 Å². The Morgan fingerprint density at radius 3 is 2.55 bits per heavy atom. The summed E-state index contributed by atoms with van der Waals surface area (Å²) in [4.78, 5) is 25.1. The lowest BCUT2D eigenvalue weighted by atomic mass is 10.0. The highest BCUT2D eigenvalue weighted by Crippen LogP contribution is 2.29. The van der Waals surface area contributed by atoms with Crippen molar-refractivity contribution in [3.05, 3.63) is 58.6 Å². The lowest BCUT2D eigenvalue weighted by Crippen LogP contribution is -2.48. The predicted molar refractivity (Wildman–Crippen MR) is 121 cm³/mol. The van der Waals surface area contributed by atoms with Gasteiger partial charge < -0.3 is 14.8 Å². The monoisotopic (exact) mass is 441 g/mol. The highest BCUT2D eigenvalue weighted by molar-refractivity contribution is 6.30. The first-order chi connectivity index (χ1) is 14.9. The summed E-state index contributed by atoms with van der Waals surface area (Å²) in [5.41, 5.74) is 3.43. The molecule has 0 fully saturated rings. The van der Waals surface area contributed by atoms with E-state index in [1.807, 2.05) is 13.8 Å². The maximum Gasteiger partial charge on any atom is 0.262 e. The van der Waals surface area contributed by atoms with E-state index in [9.17, 15) is 9.59 Å². The van der Waals surface area contributed by atoms with Gasteiger partial charge in [0.2, 0.25) is 0 Å². The Bertz CT molecular complexity index is 981. The Labute approximate surface area is 186 Å². The maximum atomic E-state index is 12.6. The van der Waals surface area contributed by atoms with Crippen LogP contribution in [0.15, 0.2) is 47.6 Å². The number of hydrogen-bond acceptors (Lipinski definition) is 5. The van der Waals surface area contributed by atoms with Crippen LogP contribution in [0.5, 0.6) is 11.5 Å². The van der Waals surface area contributed by atoms with Crippen LogP contribution in [0.3, 0.4) is 0 Å². The number of rotatable bonds is 9. The number of nitrogens with one attached hydrogen (secondary N) is 2. The average molecular weight is 442 g/mol. The van der Waals surface area contributed by atoms with E-state index in [2.05, 4.69) is 21.8 Å². The van der Waals surface area contributed by atoms with Crippen molar-refractivity contribution in [1.82, 2.24) is 10.7 Å². The van der Waals surface area contributed by atoms with E-state index in [0.29, 0.717) is 27.6 Å². The minimum atomic E-state index is -0.789. The molecule has 162 valence electrons. The van der Waals surface area contributed by atoms with Crippen LogP contribution in [0.4, 0.5) is 0 Å². The third kappa shape index (κ3) is 6.76. The van der Waals surface area contributed by atoms with Gasteiger partial charge in [-0.1, -0.05) is 37.4 Å². The van der Waals surface area contributed by atoms with Gasteiger partial charge in [0, 0.05) is 16.1 Å². The molecule has 1 atom stereocenters. The number of methoxy groups -OCH3 is 1. The zero-order valence-electron chi connectivity index (χ0n) is 17.5. The first-order valence-corrected chi connectivity index (χ1v) is 9.87. The van der Waals surface area contributed by atoms with Gasteiger partial charge in [-0.3, -0.25) is 9.59 Å². The van der Waals surface area contributed by atoms with Gasteiger partial charge in [-0.05, 0) is 42.3 Å². The number of carbonyl (C=O) groups excluding carboxylic acids is 2. The molecule has 2 N–H and O–H groups in total. The molecule has 1 unspecified atom stereocenters. The summed E-state index contributed by atoms with van der Waals surface area (Å²) in [6.45, 7) is 3.70. The number of nitrogens with zero attached hydrogens (tertiary/aromatic N) is 1. The molecule has 0 aliphatic rings. The smallest absolute Gasteiger partial charge is 0.262 e. The van der Waals surface area contributed by atoms with Crippen molar-refractivity contribution >= 4 is 29.6 Å². The summed E-state index contributed by atoms with van der Waals surface area (Å²) < 4.78 is 10.8. The van der Waals surface area contributed by atoms with Crippen LogP contribution < -0.4 is 20.2 Å². The standard InChI is InChI=1S/C23H24ClN3O4/c1-5-13-31-21-17(7-6-8-19(21)30-4)14-25-27-23(29)20(15(2)3)26-22(28)16-9-11-18(24)12-10-16/h1,6-12,14-15,20H,13H2,2-4H3,(H,26,28)(H,27,29)/b25-14+. The van der Waals surface area contributed by atoms with Crippen LogP contribution in [-0.4, -0.2) is 37.8 Å². The summed E-state index contributed by atoms with van der Waals surface area (Å²) in [5, 5.41) is 7.24. The minimum Gasteiger partial charge on any atom is -0.493 e. The molecule has 2 aromatic rings. The van der Waals surface area contributed by atoms with Crippen molar-refractivity contribution in [2.24, 2.45) is 11.0 Å². The van der Waals surface area contributed by atoms with Gasteiger partial charge in [-0.15, -0.1) is 6.42 Å². The van der Waals surface area contributed by atoms with E-state index >= 15 is 0 Å². The zero-order chi connectivity index (χ0) is 22.8. The highest BCUT2D eigenvalue weighted by atomic mass is 35.5. The number of hydrogen-bond donors (Lipinski definition) is 2. The molecular weight excluding hydrogens is 418 g/mol. The van der Waals surface area contributed by atoms with Gasteiger partial charge in [0.05, 0.1) is 13.3 Å². The van der Waals surface area contributed by atoms with Crippen molar-refractivity contribution in [3.8, 4) is 23.8 Å². The molecule has 7 nitrogen and oxygen atoms in total. The normalized spacial score (nSPS) is 11.6. The highest BCUT2D eigenvalue weighted by Gasteiger charge is 2.24. The number of terminal acetylenes is 1. The third-order valence-corrected chi connectivity index (χ3v) is 4.50. The topological polar surface area (TPSA) is 89.0 Å². The molecule has 0 radical (unpaired) electrons. The number of benzene rings is 2. The molecular formula is C23H24ClN3O4. The number of para-hydroxylation sites is 1. The summed E-state index contributed by atoms with van der Waals surface area (Å²) in [6, 6.07) is 10.8. The van der Waals surface area contributed by atoms with E-state index in [-0.39, 0.29) is 18.4 Å². The van der Waals surface area contributed by atoms with Crippen molar-refractivity contribution < 1.29 is 19.1 Å². The Kier molecular flexibility index (Phi) is 8.92. The van der Waals surface area contributed by atoms with Gasteiger partial charge in [0.1, 0.15) is 12.6 Å². The number of hydrazone groups is 1. The second-order valence-electron chi connectivity index (χ2n) is 6.81. The molecule has 2 amide bonds. The number of carbonyl (C=O) groups is 2. The first-order valence-electron chi connectivity index (χ1n) is 9.50. The van der Waals surface area contributed by atoms with E-state index in [1.54, 1.807) is 42.5 Å². The van der Waals surface area contributed by atoms with Gasteiger partial charge >= 0.3 is 0 Å². The number of amides is 2. The van der Waals surface area contributed by atoms with Crippen LogP contribution in [0.25, 0.3) is 0 Å². The predicted octanol–water partition coefficient (Wildman–Crippen LogP) is 3.27. The largest absolute Gasteiger partial charge is 0.493 e. The molecule has 0 spiro atoms. The third-order valence-electron chi connectivity index (χ3n) is 4.25. The Morgan fingerprint density at radius 1 is 1.23 bits per heavy atom. The van der Waals surface area contributed by atoms with Gasteiger partial charge in [0.15, 0.2) is 11.5 Å². The Morgan fingerprint density at radius 2 is 1.94 bits per heavy atom. The van der Waals surface area contributed by atoms with Crippen LogP contribution in [0, 0.1) is 18.3 Å². The number of ether oxygens (including phenoxy) is 2. The Hall–Kier alpha value is -3.50.